The van der Waals surface area contributed by atoms with Crippen LogP contribution in [0.2, 0.25) is 0 Å². The molecule has 4 aliphatic rings. The van der Waals surface area contributed by atoms with Crippen LogP contribution in [0.3, 0.4) is 0 Å². The molecule has 0 amide bonds. The second-order valence-electron chi connectivity index (χ2n) is 10.4. The van der Waals surface area contributed by atoms with Gasteiger partial charge in [0.1, 0.15) is 11.7 Å². The lowest BCUT2D eigenvalue weighted by Crippen LogP contribution is -2.37. The number of nitrogens with one attached hydrogen (secondary N) is 1. The lowest BCUT2D eigenvalue weighted by atomic mass is 9.93. The molecule has 0 spiro atoms. The smallest absolute Gasteiger partial charge is 0.225 e. The second-order valence-corrected chi connectivity index (χ2v) is 11.5. The zero-order chi connectivity index (χ0) is 26.5. The minimum atomic E-state index is -0.448. The summed E-state index contributed by atoms with van der Waals surface area (Å²) >= 11 is 1.88. The molecule has 4 nitrogen and oxygen atoms in total. The summed E-state index contributed by atoms with van der Waals surface area (Å²) in [6.45, 7) is 0. The molecule has 0 saturated heterocycles. The first-order chi connectivity index (χ1) is 19.8. The van der Waals surface area contributed by atoms with E-state index in [4.69, 9.17) is 9.98 Å². The van der Waals surface area contributed by atoms with E-state index in [0.717, 1.165) is 54.0 Å². The molecular formula is C35H28N4S. The average molecular weight is 537 g/mol. The third kappa shape index (κ3) is 3.84. The number of rotatable bonds is 3. The predicted molar refractivity (Wildman–Crippen MR) is 168 cm³/mol. The van der Waals surface area contributed by atoms with Crippen molar-refractivity contribution in [3.05, 3.63) is 131 Å². The van der Waals surface area contributed by atoms with Crippen molar-refractivity contribution in [3.8, 4) is 11.3 Å². The maximum atomic E-state index is 5.31. The normalized spacial score (nSPS) is 19.6. The van der Waals surface area contributed by atoms with E-state index in [-0.39, 0.29) is 0 Å². The van der Waals surface area contributed by atoms with Gasteiger partial charge >= 0.3 is 0 Å². The number of aromatic nitrogens is 1. The first-order valence-electron chi connectivity index (χ1n) is 14.0. The zero-order valence-corrected chi connectivity index (χ0v) is 22.9. The van der Waals surface area contributed by atoms with Crippen molar-refractivity contribution in [2.24, 2.45) is 9.98 Å². The van der Waals surface area contributed by atoms with E-state index in [9.17, 15) is 0 Å². The standard InChI is InChI=1S/C35H28N4S/c1-3-13-23(14-4-1)33-36-34(24-15-5-2-6-16-24)38-35(37-33)39-28-20-10-7-17-25(28)31-26-18-8-11-21-29(26)40-30-22-12-9-19-27(30)32(31)39/h1,3-5,7,9-17,19-22,35H,2,6,8,18H2,(H,36,37,38). The molecule has 3 aromatic carbocycles. The van der Waals surface area contributed by atoms with Gasteiger partial charge in [0, 0.05) is 37.5 Å². The Hall–Kier alpha value is -4.35. The fraction of sp³-hybridized carbons (Fsp3) is 0.143. The number of hydrogen-bond acceptors (Lipinski definition) is 4. The number of aliphatic imine (C=N–C) groups is 2. The SMILES string of the molecule is C1=CC(C2=NC(n3c4c(c5ccccc53)C3=C(C=CCC3)Sc3ccccc3-4)N=C(c3ccccc3)N2)=CCC1. The Balaban J connectivity index is 1.44. The molecule has 2 aliphatic carbocycles. The maximum Gasteiger partial charge on any atom is 0.225 e. The number of thioether (sulfide) groups is 1. The Bertz CT molecular complexity index is 1850. The Morgan fingerprint density at radius 2 is 1.57 bits per heavy atom. The third-order valence-electron chi connectivity index (χ3n) is 7.97. The Morgan fingerprint density at radius 1 is 0.775 bits per heavy atom. The summed E-state index contributed by atoms with van der Waals surface area (Å²) in [5.41, 5.74) is 8.55. The quantitative estimate of drug-likeness (QED) is 0.285. The van der Waals surface area contributed by atoms with Crippen LogP contribution in [0.25, 0.3) is 27.7 Å². The number of fused-ring (bicyclic) bond motifs is 6. The molecule has 40 heavy (non-hydrogen) atoms. The van der Waals surface area contributed by atoms with Crippen LogP contribution >= 0.6 is 11.8 Å². The van der Waals surface area contributed by atoms with Crippen LogP contribution in [0.1, 0.15) is 43.1 Å². The zero-order valence-electron chi connectivity index (χ0n) is 22.0. The molecule has 0 bridgehead atoms. The molecule has 1 aromatic heterocycles. The minimum Gasteiger partial charge on any atom is -0.324 e. The van der Waals surface area contributed by atoms with Crippen molar-refractivity contribution in [2.75, 3.05) is 0 Å². The summed E-state index contributed by atoms with van der Waals surface area (Å²) in [4.78, 5) is 13.2. The molecule has 0 fully saturated rings. The Kier molecular flexibility index (Phi) is 5.70. The van der Waals surface area contributed by atoms with E-state index < -0.39 is 6.29 Å². The van der Waals surface area contributed by atoms with Crippen molar-refractivity contribution < 1.29 is 0 Å². The van der Waals surface area contributed by atoms with Crippen LogP contribution in [-0.4, -0.2) is 16.2 Å². The van der Waals surface area contributed by atoms with Crippen LogP contribution in [0, 0.1) is 0 Å². The lowest BCUT2D eigenvalue weighted by Gasteiger charge is -2.26. The highest BCUT2D eigenvalue weighted by Gasteiger charge is 2.32. The van der Waals surface area contributed by atoms with Crippen molar-refractivity contribution >= 4 is 39.9 Å². The van der Waals surface area contributed by atoms with Crippen molar-refractivity contribution in [1.82, 2.24) is 9.88 Å². The molecule has 1 atom stereocenters. The molecule has 8 rings (SSSR count). The third-order valence-corrected chi connectivity index (χ3v) is 9.15. The van der Waals surface area contributed by atoms with Gasteiger partial charge in [-0.05, 0) is 43.4 Å². The lowest BCUT2D eigenvalue weighted by molar-refractivity contribution is 0.564. The number of allylic oxidation sites excluding steroid dienone is 5. The monoisotopic (exact) mass is 536 g/mol. The summed E-state index contributed by atoms with van der Waals surface area (Å²) in [5, 5.41) is 4.85. The molecule has 0 saturated carbocycles. The number of amidine groups is 2. The van der Waals surface area contributed by atoms with Crippen molar-refractivity contribution in [1.29, 1.82) is 0 Å². The van der Waals surface area contributed by atoms with E-state index in [1.165, 1.54) is 37.6 Å². The van der Waals surface area contributed by atoms with Crippen LogP contribution in [0.15, 0.2) is 135 Å². The summed E-state index contributed by atoms with van der Waals surface area (Å²) in [6, 6.07) is 28.0. The highest BCUT2D eigenvalue weighted by molar-refractivity contribution is 8.03. The van der Waals surface area contributed by atoms with Gasteiger partial charge in [-0.1, -0.05) is 109 Å². The topological polar surface area (TPSA) is 41.7 Å². The largest absolute Gasteiger partial charge is 0.324 e. The molecule has 1 N–H and O–H groups in total. The van der Waals surface area contributed by atoms with E-state index in [1.807, 2.05) is 17.8 Å². The first kappa shape index (κ1) is 23.5. The fourth-order valence-corrected chi connectivity index (χ4v) is 7.31. The van der Waals surface area contributed by atoms with Gasteiger partial charge < -0.3 is 5.32 Å². The van der Waals surface area contributed by atoms with Gasteiger partial charge in [-0.15, -0.1) is 0 Å². The number of benzene rings is 3. The molecule has 0 radical (unpaired) electrons. The summed E-state index contributed by atoms with van der Waals surface area (Å²) in [7, 11) is 0. The molecule has 3 heterocycles. The fourth-order valence-electron chi connectivity index (χ4n) is 6.16. The minimum absolute atomic E-state index is 0.448. The van der Waals surface area contributed by atoms with Crippen molar-refractivity contribution in [2.45, 2.75) is 36.9 Å². The second kappa shape index (κ2) is 9.68. The Labute approximate surface area is 238 Å². The van der Waals surface area contributed by atoms with E-state index in [0.29, 0.717) is 0 Å². The van der Waals surface area contributed by atoms with Gasteiger partial charge in [-0.25, -0.2) is 9.98 Å². The first-order valence-corrected chi connectivity index (χ1v) is 14.8. The highest BCUT2D eigenvalue weighted by Crippen LogP contribution is 2.52. The van der Waals surface area contributed by atoms with E-state index in [1.54, 1.807) is 0 Å². The number of hydrogen-bond donors (Lipinski definition) is 1. The van der Waals surface area contributed by atoms with Gasteiger partial charge in [0.25, 0.3) is 0 Å². The van der Waals surface area contributed by atoms with Gasteiger partial charge in [0.05, 0.1) is 11.2 Å². The molecule has 1 unspecified atom stereocenters. The summed E-state index contributed by atoms with van der Waals surface area (Å²) < 4.78 is 2.38. The van der Waals surface area contributed by atoms with E-state index in [2.05, 4.69) is 113 Å². The van der Waals surface area contributed by atoms with Crippen LogP contribution in [0.5, 0.6) is 0 Å². The van der Waals surface area contributed by atoms with Gasteiger partial charge in [-0.2, -0.15) is 0 Å². The number of para-hydroxylation sites is 1. The van der Waals surface area contributed by atoms with Crippen LogP contribution in [-0.2, 0) is 0 Å². The van der Waals surface area contributed by atoms with E-state index >= 15 is 0 Å². The van der Waals surface area contributed by atoms with Gasteiger partial charge in [0.15, 0.2) is 0 Å². The summed E-state index contributed by atoms with van der Waals surface area (Å²) in [5.74, 6) is 1.72. The molecular weight excluding hydrogens is 508 g/mol. The van der Waals surface area contributed by atoms with Gasteiger partial charge in [0.2, 0.25) is 6.29 Å². The maximum absolute atomic E-state index is 5.31. The van der Waals surface area contributed by atoms with Gasteiger partial charge in [-0.3, -0.25) is 4.57 Å². The highest BCUT2D eigenvalue weighted by atomic mass is 32.2. The predicted octanol–water partition coefficient (Wildman–Crippen LogP) is 8.66. The molecule has 2 aliphatic heterocycles. The Morgan fingerprint density at radius 3 is 2.48 bits per heavy atom. The van der Waals surface area contributed by atoms with Crippen LogP contribution < -0.4 is 5.32 Å². The van der Waals surface area contributed by atoms with Crippen LogP contribution in [0.4, 0.5) is 0 Å². The molecule has 4 aromatic rings. The summed E-state index contributed by atoms with van der Waals surface area (Å²) in [6.07, 6.45) is 15.1. The molecule has 5 heteroatoms. The molecule has 194 valence electrons. The average Bonchev–Trinajstić information content (AvgIpc) is 3.29. The number of nitrogens with zero attached hydrogens (tertiary/aromatic N) is 3. The van der Waals surface area contributed by atoms with Crippen molar-refractivity contribution in [3.63, 3.8) is 0 Å².